The van der Waals surface area contributed by atoms with Crippen molar-refractivity contribution in [1.29, 1.82) is 0 Å². The molecule has 1 aliphatic heterocycles. The molecule has 118 valence electrons. The lowest BCUT2D eigenvalue weighted by Gasteiger charge is -2.28. The van der Waals surface area contributed by atoms with Crippen LogP contribution in [0, 0.1) is 0 Å². The van der Waals surface area contributed by atoms with Gasteiger partial charge in [-0.1, -0.05) is 0 Å². The number of rotatable bonds is 7. The SMILES string of the molecule is CCNc1cc(N(C)C2CCOC2C)nc(COCC)n1. The Bertz CT molecular complexity index is 455. The molecule has 0 bridgehead atoms. The van der Waals surface area contributed by atoms with Crippen LogP contribution >= 0.6 is 0 Å². The van der Waals surface area contributed by atoms with Crippen molar-refractivity contribution >= 4 is 11.6 Å². The van der Waals surface area contributed by atoms with E-state index in [1.807, 2.05) is 13.0 Å². The second-order valence-corrected chi connectivity index (χ2v) is 5.24. The minimum atomic E-state index is 0.225. The summed E-state index contributed by atoms with van der Waals surface area (Å²) in [4.78, 5) is 11.3. The Kier molecular flexibility index (Phi) is 5.76. The third kappa shape index (κ3) is 4.04. The standard InChI is InChI=1S/C15H26N4O2/c1-5-16-13-9-15(18-14(17-13)10-20-6-2)19(4)12-7-8-21-11(12)3/h9,11-12H,5-8,10H2,1-4H3,(H,16,17,18). The highest BCUT2D eigenvalue weighted by Crippen LogP contribution is 2.24. The van der Waals surface area contributed by atoms with Crippen LogP contribution in [0.15, 0.2) is 6.07 Å². The van der Waals surface area contributed by atoms with Crippen LogP contribution in [-0.2, 0) is 16.1 Å². The van der Waals surface area contributed by atoms with Gasteiger partial charge in [-0.15, -0.1) is 0 Å². The summed E-state index contributed by atoms with van der Waals surface area (Å²) in [6.45, 7) is 8.88. The minimum absolute atomic E-state index is 0.225. The minimum Gasteiger partial charge on any atom is -0.376 e. The molecule has 6 nitrogen and oxygen atoms in total. The van der Waals surface area contributed by atoms with Crippen molar-refractivity contribution < 1.29 is 9.47 Å². The van der Waals surface area contributed by atoms with Gasteiger partial charge in [0.15, 0.2) is 5.82 Å². The van der Waals surface area contributed by atoms with Crippen molar-refractivity contribution in [3.05, 3.63) is 11.9 Å². The average Bonchev–Trinajstić information content (AvgIpc) is 2.90. The molecule has 1 aromatic rings. The second-order valence-electron chi connectivity index (χ2n) is 5.24. The lowest BCUT2D eigenvalue weighted by atomic mass is 10.1. The van der Waals surface area contributed by atoms with E-state index in [1.54, 1.807) is 0 Å². The van der Waals surface area contributed by atoms with Gasteiger partial charge in [-0.25, -0.2) is 9.97 Å². The second kappa shape index (κ2) is 7.56. The zero-order chi connectivity index (χ0) is 15.2. The summed E-state index contributed by atoms with van der Waals surface area (Å²) < 4.78 is 11.1. The van der Waals surface area contributed by atoms with Crippen molar-refractivity contribution in [2.45, 2.75) is 45.9 Å². The first kappa shape index (κ1) is 16.0. The van der Waals surface area contributed by atoms with E-state index in [-0.39, 0.29) is 6.10 Å². The highest BCUT2D eigenvalue weighted by Gasteiger charge is 2.29. The predicted octanol–water partition coefficient (Wildman–Crippen LogP) is 2.06. The van der Waals surface area contributed by atoms with Gasteiger partial charge in [-0.2, -0.15) is 0 Å². The maximum atomic E-state index is 5.66. The van der Waals surface area contributed by atoms with Crippen LogP contribution in [0.5, 0.6) is 0 Å². The zero-order valence-electron chi connectivity index (χ0n) is 13.4. The molecule has 0 saturated carbocycles. The fourth-order valence-corrected chi connectivity index (χ4v) is 2.59. The van der Waals surface area contributed by atoms with Crippen LogP contribution in [0.1, 0.15) is 33.0 Å². The molecule has 1 aliphatic rings. The Labute approximate surface area is 126 Å². The van der Waals surface area contributed by atoms with Crippen molar-refractivity contribution in [3.8, 4) is 0 Å². The third-order valence-corrected chi connectivity index (χ3v) is 3.75. The van der Waals surface area contributed by atoms with Crippen LogP contribution in [0.3, 0.4) is 0 Å². The molecule has 21 heavy (non-hydrogen) atoms. The summed E-state index contributed by atoms with van der Waals surface area (Å²) in [5.74, 6) is 2.47. The largest absolute Gasteiger partial charge is 0.376 e. The molecule has 6 heteroatoms. The smallest absolute Gasteiger partial charge is 0.158 e. The van der Waals surface area contributed by atoms with Gasteiger partial charge in [0.2, 0.25) is 0 Å². The molecule has 2 rings (SSSR count). The van der Waals surface area contributed by atoms with Gasteiger partial charge >= 0.3 is 0 Å². The first-order chi connectivity index (χ1) is 10.2. The third-order valence-electron chi connectivity index (χ3n) is 3.75. The summed E-state index contributed by atoms with van der Waals surface area (Å²) in [5, 5.41) is 3.26. The quantitative estimate of drug-likeness (QED) is 0.830. The number of ether oxygens (including phenoxy) is 2. The van der Waals surface area contributed by atoms with Crippen LogP contribution in [-0.4, -0.2) is 48.9 Å². The molecular weight excluding hydrogens is 268 g/mol. The molecule has 0 radical (unpaired) electrons. The molecule has 2 unspecified atom stereocenters. The van der Waals surface area contributed by atoms with Gasteiger partial charge in [0.25, 0.3) is 0 Å². The lowest BCUT2D eigenvalue weighted by molar-refractivity contribution is 0.118. The van der Waals surface area contributed by atoms with E-state index in [1.165, 1.54) is 0 Å². The van der Waals surface area contributed by atoms with Crippen molar-refractivity contribution in [2.24, 2.45) is 0 Å². The molecule has 2 atom stereocenters. The maximum absolute atomic E-state index is 5.66. The summed E-state index contributed by atoms with van der Waals surface area (Å²) in [6, 6.07) is 2.35. The van der Waals surface area contributed by atoms with Crippen molar-refractivity contribution in [1.82, 2.24) is 9.97 Å². The van der Waals surface area contributed by atoms with Crippen molar-refractivity contribution in [2.75, 3.05) is 37.0 Å². The summed E-state index contributed by atoms with van der Waals surface area (Å²) >= 11 is 0. The molecule has 1 N–H and O–H groups in total. The molecule has 1 saturated heterocycles. The highest BCUT2D eigenvalue weighted by molar-refractivity contribution is 5.50. The molecule has 0 spiro atoms. The molecule has 0 aromatic carbocycles. The van der Waals surface area contributed by atoms with Gasteiger partial charge < -0.3 is 19.7 Å². The van der Waals surface area contributed by atoms with Gasteiger partial charge in [0, 0.05) is 32.9 Å². The van der Waals surface area contributed by atoms with E-state index < -0.39 is 0 Å². The van der Waals surface area contributed by atoms with E-state index in [0.717, 1.165) is 31.2 Å². The van der Waals surface area contributed by atoms with E-state index in [2.05, 4.69) is 41.1 Å². The van der Waals surface area contributed by atoms with Gasteiger partial charge in [0.1, 0.15) is 18.2 Å². The Balaban J connectivity index is 2.21. The zero-order valence-corrected chi connectivity index (χ0v) is 13.4. The van der Waals surface area contributed by atoms with Crippen LogP contribution in [0.2, 0.25) is 0 Å². The Hall–Kier alpha value is -1.40. The Morgan fingerprint density at radius 2 is 2.24 bits per heavy atom. The maximum Gasteiger partial charge on any atom is 0.158 e. The Morgan fingerprint density at radius 1 is 1.43 bits per heavy atom. The Morgan fingerprint density at radius 3 is 2.86 bits per heavy atom. The fourth-order valence-electron chi connectivity index (χ4n) is 2.59. The average molecular weight is 294 g/mol. The van der Waals surface area contributed by atoms with Crippen LogP contribution in [0.4, 0.5) is 11.6 Å². The summed E-state index contributed by atoms with van der Waals surface area (Å²) in [5.41, 5.74) is 0. The number of likely N-dealkylation sites (N-methyl/N-ethyl adjacent to an activating group) is 1. The molecule has 0 amide bonds. The number of hydrogen-bond acceptors (Lipinski definition) is 6. The number of anilines is 2. The molecule has 2 heterocycles. The van der Waals surface area contributed by atoms with Gasteiger partial charge in [-0.3, -0.25) is 0 Å². The molecule has 1 fully saturated rings. The van der Waals surface area contributed by atoms with Gasteiger partial charge in [0.05, 0.1) is 12.1 Å². The van der Waals surface area contributed by atoms with E-state index in [4.69, 9.17) is 9.47 Å². The summed E-state index contributed by atoms with van der Waals surface area (Å²) in [6.07, 6.45) is 1.25. The number of nitrogens with zero attached hydrogens (tertiary/aromatic N) is 3. The van der Waals surface area contributed by atoms with Gasteiger partial charge in [-0.05, 0) is 27.2 Å². The fraction of sp³-hybridized carbons (Fsp3) is 0.733. The van der Waals surface area contributed by atoms with E-state index in [0.29, 0.717) is 25.1 Å². The molecular formula is C15H26N4O2. The number of hydrogen-bond donors (Lipinski definition) is 1. The monoisotopic (exact) mass is 294 g/mol. The van der Waals surface area contributed by atoms with Crippen molar-refractivity contribution in [3.63, 3.8) is 0 Å². The lowest BCUT2D eigenvalue weighted by Crippen LogP contribution is -2.37. The summed E-state index contributed by atoms with van der Waals surface area (Å²) in [7, 11) is 2.07. The van der Waals surface area contributed by atoms with Crippen LogP contribution in [0.25, 0.3) is 0 Å². The molecule has 0 aliphatic carbocycles. The first-order valence-corrected chi connectivity index (χ1v) is 7.69. The number of aromatic nitrogens is 2. The topological polar surface area (TPSA) is 59.5 Å². The predicted molar refractivity (Wildman–Crippen MR) is 83.7 cm³/mol. The molecule has 1 aromatic heterocycles. The normalized spacial score (nSPS) is 21.5. The van der Waals surface area contributed by atoms with E-state index in [9.17, 15) is 0 Å². The first-order valence-electron chi connectivity index (χ1n) is 7.69. The van der Waals surface area contributed by atoms with Crippen LogP contribution < -0.4 is 10.2 Å². The van der Waals surface area contributed by atoms with E-state index >= 15 is 0 Å². The highest BCUT2D eigenvalue weighted by atomic mass is 16.5. The number of nitrogens with one attached hydrogen (secondary N) is 1.